The number of aromatic nitrogens is 3. The van der Waals surface area contributed by atoms with E-state index in [1.807, 2.05) is 0 Å². The number of aromatic hydroxyl groups is 1. The van der Waals surface area contributed by atoms with Crippen molar-refractivity contribution in [3.63, 3.8) is 0 Å². The van der Waals surface area contributed by atoms with E-state index in [2.05, 4.69) is 20.5 Å². The number of benzene rings is 1. The van der Waals surface area contributed by atoms with Crippen molar-refractivity contribution in [2.75, 3.05) is 5.32 Å². The zero-order chi connectivity index (χ0) is 18.9. The highest BCUT2D eigenvalue weighted by Crippen LogP contribution is 2.36. The van der Waals surface area contributed by atoms with Crippen molar-refractivity contribution in [3.05, 3.63) is 29.5 Å². The lowest BCUT2D eigenvalue weighted by molar-refractivity contribution is -0.137. The molecule has 3 N–H and O–H groups in total. The normalized spacial score (nSPS) is 20.8. The third-order valence-corrected chi connectivity index (χ3v) is 4.49. The van der Waals surface area contributed by atoms with Crippen LogP contribution in [0, 0.1) is 6.92 Å². The van der Waals surface area contributed by atoms with Gasteiger partial charge in [0, 0.05) is 5.56 Å². The Labute approximate surface area is 148 Å². The van der Waals surface area contributed by atoms with Gasteiger partial charge in [-0.25, -0.2) is 4.98 Å². The summed E-state index contributed by atoms with van der Waals surface area (Å²) in [6.45, 7) is 1.63. The Bertz CT molecular complexity index is 798. The number of aliphatic hydroxyl groups is 1. The van der Waals surface area contributed by atoms with Crippen LogP contribution in [0.25, 0.3) is 11.3 Å². The van der Waals surface area contributed by atoms with Gasteiger partial charge in [-0.05, 0) is 38.0 Å². The molecule has 6 nitrogen and oxygen atoms in total. The lowest BCUT2D eigenvalue weighted by atomic mass is 9.93. The van der Waals surface area contributed by atoms with Gasteiger partial charge in [0.05, 0.1) is 23.4 Å². The first kappa shape index (κ1) is 18.4. The average molecular weight is 368 g/mol. The summed E-state index contributed by atoms with van der Waals surface area (Å²) >= 11 is 0. The summed E-state index contributed by atoms with van der Waals surface area (Å²) in [6, 6.07) is 2.52. The number of phenolic OH excluding ortho intramolecular Hbond substituents is 1. The van der Waals surface area contributed by atoms with Crippen LogP contribution in [-0.4, -0.2) is 37.5 Å². The smallest absolute Gasteiger partial charge is 0.416 e. The van der Waals surface area contributed by atoms with Gasteiger partial charge in [-0.15, -0.1) is 10.2 Å². The molecule has 1 heterocycles. The lowest BCUT2D eigenvalue weighted by Crippen LogP contribution is -2.37. The molecule has 0 radical (unpaired) electrons. The molecule has 0 unspecified atom stereocenters. The second-order valence-electron chi connectivity index (χ2n) is 6.40. The maximum Gasteiger partial charge on any atom is 0.416 e. The summed E-state index contributed by atoms with van der Waals surface area (Å²) in [5.41, 5.74) is -0.213. The molecular formula is C17H19F3N4O2. The van der Waals surface area contributed by atoms with E-state index in [4.69, 9.17) is 0 Å². The molecule has 9 heteroatoms. The zero-order valence-corrected chi connectivity index (χ0v) is 14.1. The van der Waals surface area contributed by atoms with E-state index in [1.54, 1.807) is 6.92 Å². The van der Waals surface area contributed by atoms with Gasteiger partial charge in [0.2, 0.25) is 5.95 Å². The summed E-state index contributed by atoms with van der Waals surface area (Å²) in [7, 11) is 0. The first-order chi connectivity index (χ1) is 12.3. The van der Waals surface area contributed by atoms with Gasteiger partial charge >= 0.3 is 6.18 Å². The molecular weight excluding hydrogens is 349 g/mol. The third kappa shape index (κ3) is 3.87. The van der Waals surface area contributed by atoms with Crippen LogP contribution in [0.1, 0.15) is 36.9 Å². The van der Waals surface area contributed by atoms with Crippen LogP contribution in [0.15, 0.2) is 18.2 Å². The number of halogens is 3. The van der Waals surface area contributed by atoms with Crippen LogP contribution in [0.5, 0.6) is 5.75 Å². The highest BCUT2D eigenvalue weighted by Gasteiger charge is 2.31. The molecule has 1 aromatic carbocycles. The van der Waals surface area contributed by atoms with E-state index in [9.17, 15) is 23.4 Å². The van der Waals surface area contributed by atoms with Gasteiger partial charge in [-0.2, -0.15) is 13.2 Å². The van der Waals surface area contributed by atoms with Gasteiger partial charge in [-0.3, -0.25) is 0 Å². The van der Waals surface area contributed by atoms with Gasteiger partial charge in [-0.1, -0.05) is 12.8 Å². The molecule has 0 aliphatic heterocycles. The summed E-state index contributed by atoms with van der Waals surface area (Å²) in [6.07, 6.45) is -1.54. The summed E-state index contributed by atoms with van der Waals surface area (Å²) in [5, 5.41) is 30.9. The molecule has 26 heavy (non-hydrogen) atoms. The topological polar surface area (TPSA) is 91.2 Å². The van der Waals surface area contributed by atoms with Gasteiger partial charge in [0.1, 0.15) is 11.4 Å². The van der Waals surface area contributed by atoms with Crippen LogP contribution in [0.3, 0.4) is 0 Å². The number of aliphatic hydroxyl groups excluding tert-OH is 1. The molecule has 0 bridgehead atoms. The van der Waals surface area contributed by atoms with Gasteiger partial charge in [0.15, 0.2) is 0 Å². The first-order valence-corrected chi connectivity index (χ1v) is 8.32. The van der Waals surface area contributed by atoms with Crippen LogP contribution in [-0.2, 0) is 6.18 Å². The zero-order valence-electron chi connectivity index (χ0n) is 14.1. The highest BCUT2D eigenvalue weighted by molar-refractivity contribution is 5.69. The standard InChI is InChI=1S/C17H19F3N4O2/c1-9-15(11-7-6-10(8-14(11)26)17(18,19)20)23-24-16(21-9)22-12-4-2-3-5-13(12)25/h6-8,12-13,25-26H,2-5H2,1H3,(H,21,22,24)/t12-,13-/m0/s1. The molecule has 1 saturated carbocycles. The number of anilines is 1. The van der Waals surface area contributed by atoms with Crippen molar-refractivity contribution in [1.82, 2.24) is 15.2 Å². The van der Waals surface area contributed by atoms with Crippen molar-refractivity contribution < 1.29 is 23.4 Å². The SMILES string of the molecule is Cc1nc(N[C@H]2CCCC[C@@H]2O)nnc1-c1ccc(C(F)(F)F)cc1O. The minimum atomic E-state index is -4.54. The number of hydrogen-bond acceptors (Lipinski definition) is 6. The fourth-order valence-corrected chi connectivity index (χ4v) is 3.07. The van der Waals surface area contributed by atoms with Crippen LogP contribution in [0.2, 0.25) is 0 Å². The largest absolute Gasteiger partial charge is 0.507 e. The number of aryl methyl sites for hydroxylation is 1. The highest BCUT2D eigenvalue weighted by atomic mass is 19.4. The molecule has 2 atom stereocenters. The lowest BCUT2D eigenvalue weighted by Gasteiger charge is -2.28. The molecule has 0 spiro atoms. The predicted octanol–water partition coefficient (Wildman–Crippen LogP) is 3.29. The number of hydrogen-bond donors (Lipinski definition) is 3. The van der Waals surface area contributed by atoms with Crippen LogP contribution >= 0.6 is 0 Å². The second kappa shape index (κ2) is 7.06. The maximum absolute atomic E-state index is 12.7. The number of rotatable bonds is 3. The molecule has 2 aromatic rings. The van der Waals surface area contributed by atoms with Crippen molar-refractivity contribution in [2.45, 2.75) is 50.9 Å². The van der Waals surface area contributed by atoms with Gasteiger partial charge in [0.25, 0.3) is 0 Å². The van der Waals surface area contributed by atoms with Crippen LogP contribution < -0.4 is 5.32 Å². The molecule has 3 rings (SSSR count). The van der Waals surface area contributed by atoms with Crippen molar-refractivity contribution in [3.8, 4) is 17.0 Å². The fraction of sp³-hybridized carbons (Fsp3) is 0.471. The molecule has 0 saturated heterocycles. The Hall–Kier alpha value is -2.42. The minimum Gasteiger partial charge on any atom is -0.507 e. The monoisotopic (exact) mass is 368 g/mol. The summed E-state index contributed by atoms with van der Waals surface area (Å²) in [4.78, 5) is 4.26. The Kier molecular flexibility index (Phi) is 4.99. The Morgan fingerprint density at radius 2 is 1.88 bits per heavy atom. The molecule has 140 valence electrons. The average Bonchev–Trinajstić information content (AvgIpc) is 2.57. The van der Waals surface area contributed by atoms with E-state index in [-0.39, 0.29) is 23.2 Å². The molecule has 0 amide bonds. The number of phenols is 1. The Morgan fingerprint density at radius 3 is 2.50 bits per heavy atom. The number of alkyl halides is 3. The van der Waals surface area contributed by atoms with Crippen molar-refractivity contribution in [2.24, 2.45) is 0 Å². The maximum atomic E-state index is 12.7. The fourth-order valence-electron chi connectivity index (χ4n) is 3.07. The Morgan fingerprint density at radius 1 is 1.15 bits per heavy atom. The van der Waals surface area contributed by atoms with Crippen molar-refractivity contribution >= 4 is 5.95 Å². The predicted molar refractivity (Wildman–Crippen MR) is 88.6 cm³/mol. The first-order valence-electron chi connectivity index (χ1n) is 8.32. The summed E-state index contributed by atoms with van der Waals surface area (Å²) < 4.78 is 38.1. The van der Waals surface area contributed by atoms with Gasteiger partial charge < -0.3 is 15.5 Å². The van der Waals surface area contributed by atoms with Crippen LogP contribution in [0.4, 0.5) is 19.1 Å². The molecule has 1 aliphatic rings. The quantitative estimate of drug-likeness (QED) is 0.770. The van der Waals surface area contributed by atoms with E-state index < -0.39 is 23.6 Å². The minimum absolute atomic E-state index is 0.125. The van der Waals surface area contributed by atoms with E-state index in [0.717, 1.165) is 31.4 Å². The third-order valence-electron chi connectivity index (χ3n) is 4.49. The van der Waals surface area contributed by atoms with E-state index >= 15 is 0 Å². The van der Waals surface area contributed by atoms with E-state index in [0.29, 0.717) is 18.2 Å². The van der Waals surface area contributed by atoms with E-state index in [1.165, 1.54) is 0 Å². The molecule has 1 fully saturated rings. The van der Waals surface area contributed by atoms with Crippen molar-refractivity contribution in [1.29, 1.82) is 0 Å². The number of nitrogens with zero attached hydrogens (tertiary/aromatic N) is 3. The molecule has 1 aliphatic carbocycles. The number of nitrogens with one attached hydrogen (secondary N) is 1. The Balaban J connectivity index is 1.84. The molecule has 1 aromatic heterocycles. The second-order valence-corrected chi connectivity index (χ2v) is 6.40. The summed E-state index contributed by atoms with van der Waals surface area (Å²) in [5.74, 6) is -0.300.